The van der Waals surface area contributed by atoms with Crippen molar-refractivity contribution in [2.75, 3.05) is 32.1 Å². The van der Waals surface area contributed by atoms with Crippen molar-refractivity contribution in [1.82, 2.24) is 0 Å². The summed E-state index contributed by atoms with van der Waals surface area (Å²) in [5, 5.41) is 2.90. The molecule has 0 bridgehead atoms. The van der Waals surface area contributed by atoms with E-state index in [4.69, 9.17) is 9.47 Å². The van der Waals surface area contributed by atoms with Crippen LogP contribution >= 0.6 is 0 Å². The van der Waals surface area contributed by atoms with Gasteiger partial charge in [-0.1, -0.05) is 30.3 Å². The highest BCUT2D eigenvalue weighted by Crippen LogP contribution is 2.50. The van der Waals surface area contributed by atoms with E-state index in [2.05, 4.69) is 5.32 Å². The maximum atomic E-state index is 14.0. The van der Waals surface area contributed by atoms with E-state index in [0.29, 0.717) is 36.0 Å². The number of nitrogens with zero attached hydrogens (tertiary/aromatic N) is 1. The van der Waals surface area contributed by atoms with Crippen LogP contribution in [0.1, 0.15) is 53.6 Å². The number of likely N-dealkylation sites (tertiary alicyclic amines) is 1. The van der Waals surface area contributed by atoms with Gasteiger partial charge >= 0.3 is 11.9 Å². The molecule has 7 nitrogen and oxygen atoms in total. The fraction of sp³-hybridized carbons (Fsp3) is 0.444. The Kier molecular flexibility index (Phi) is 7.21. The average Bonchev–Trinajstić information content (AvgIpc) is 3.68. The Balaban J connectivity index is 1.56. The summed E-state index contributed by atoms with van der Waals surface area (Å²) in [7, 11) is 1.21. The molecular weight excluding hydrogens is 451 g/mol. The second kappa shape index (κ2) is 10.2. The minimum atomic E-state index is -0.777. The lowest BCUT2D eigenvalue weighted by molar-refractivity contribution is -0.950. The lowest BCUT2D eigenvalue weighted by atomic mass is 9.99. The first-order valence-corrected chi connectivity index (χ1v) is 12.1. The highest BCUT2D eigenvalue weighted by atomic mass is 19.1. The van der Waals surface area contributed by atoms with E-state index in [1.807, 2.05) is 30.3 Å². The van der Waals surface area contributed by atoms with Crippen molar-refractivity contribution in [3.8, 4) is 0 Å². The van der Waals surface area contributed by atoms with Crippen LogP contribution in [-0.2, 0) is 25.7 Å². The van der Waals surface area contributed by atoms with E-state index < -0.39 is 17.3 Å². The van der Waals surface area contributed by atoms with Crippen LogP contribution in [0.15, 0.2) is 42.5 Å². The Morgan fingerprint density at radius 1 is 1.06 bits per heavy atom. The molecule has 2 aromatic carbocycles. The third-order valence-electron chi connectivity index (χ3n) is 7.35. The molecule has 4 rings (SSSR count). The average molecular weight is 484 g/mol. The van der Waals surface area contributed by atoms with E-state index in [-0.39, 0.29) is 36.3 Å². The molecule has 1 saturated heterocycles. The number of ether oxygens (including phenoxy) is 2. The van der Waals surface area contributed by atoms with Crippen LogP contribution in [0.3, 0.4) is 0 Å². The number of hydrogen-bond donors (Lipinski definition) is 1. The van der Waals surface area contributed by atoms with Crippen molar-refractivity contribution in [2.24, 2.45) is 0 Å². The van der Waals surface area contributed by atoms with Gasteiger partial charge in [0.2, 0.25) is 0 Å². The summed E-state index contributed by atoms with van der Waals surface area (Å²) in [4.78, 5) is 39.0. The van der Waals surface area contributed by atoms with Crippen molar-refractivity contribution in [1.29, 1.82) is 0 Å². The van der Waals surface area contributed by atoms with Crippen molar-refractivity contribution >= 4 is 23.5 Å². The molecule has 186 valence electrons. The molecule has 8 heteroatoms. The minimum absolute atomic E-state index is 0.0263. The number of esters is 2. The van der Waals surface area contributed by atoms with Gasteiger partial charge in [0.1, 0.15) is 12.4 Å². The predicted octanol–water partition coefficient (Wildman–Crippen LogP) is 4.14. The molecule has 1 aliphatic heterocycles. The number of quaternary nitrogens is 1. The van der Waals surface area contributed by atoms with E-state index in [9.17, 15) is 18.8 Å². The standard InChI is InChI=1S/C27H31FN2O5/c1-19-15-21(28)16-22(25(32)34-2)24(19)29-26(33)27(11-12-27)30(13-7-4-8-14-30)17-23(31)35-18-20-9-5-3-6-10-20/h3,5-6,9-10,15-16H,4,7-8,11-14,17-18H2,1-2H3/p+1. The van der Waals surface area contributed by atoms with Gasteiger partial charge in [-0.3, -0.25) is 4.79 Å². The summed E-state index contributed by atoms with van der Waals surface area (Å²) >= 11 is 0. The van der Waals surface area contributed by atoms with Gasteiger partial charge in [0.05, 0.1) is 31.5 Å². The number of methoxy groups -OCH3 is 1. The first-order valence-electron chi connectivity index (χ1n) is 12.1. The highest BCUT2D eigenvalue weighted by Gasteiger charge is 2.66. The monoisotopic (exact) mass is 483 g/mol. The molecule has 0 atom stereocenters. The second-order valence-corrected chi connectivity index (χ2v) is 9.58. The van der Waals surface area contributed by atoms with Gasteiger partial charge < -0.3 is 19.3 Å². The summed E-state index contributed by atoms with van der Waals surface area (Å²) in [6, 6.07) is 11.8. The molecule has 2 aromatic rings. The fourth-order valence-electron chi connectivity index (χ4n) is 5.33. The zero-order chi connectivity index (χ0) is 25.1. The van der Waals surface area contributed by atoms with E-state index in [1.54, 1.807) is 6.92 Å². The van der Waals surface area contributed by atoms with Crippen molar-refractivity contribution in [3.63, 3.8) is 0 Å². The molecule has 1 N–H and O–H groups in total. The highest BCUT2D eigenvalue weighted by molar-refractivity contribution is 6.05. The SMILES string of the molecule is COC(=O)c1cc(F)cc(C)c1NC(=O)C1([N+]2(CC(=O)OCc3ccccc3)CCCCC2)CC1. The molecular formula is C27H32FN2O5+. The Morgan fingerprint density at radius 3 is 2.37 bits per heavy atom. The van der Waals surface area contributed by atoms with Gasteiger partial charge in [-0.15, -0.1) is 0 Å². The molecule has 1 heterocycles. The number of carbonyl (C=O) groups excluding carboxylic acids is 3. The summed E-state index contributed by atoms with van der Waals surface area (Å²) in [5.41, 5.74) is 0.785. The maximum Gasteiger partial charge on any atom is 0.362 e. The summed E-state index contributed by atoms with van der Waals surface area (Å²) in [5.74, 6) is -1.89. The molecule has 1 amide bonds. The Hall–Kier alpha value is -3.26. The van der Waals surface area contributed by atoms with E-state index >= 15 is 0 Å². The van der Waals surface area contributed by atoms with Gasteiger partial charge in [-0.2, -0.15) is 0 Å². The lowest BCUT2D eigenvalue weighted by Gasteiger charge is -2.46. The molecule has 2 fully saturated rings. The van der Waals surface area contributed by atoms with E-state index in [0.717, 1.165) is 30.9 Å². The number of hydrogen-bond acceptors (Lipinski definition) is 5. The molecule has 0 unspecified atom stereocenters. The van der Waals surface area contributed by atoms with Gasteiger partial charge in [-0.05, 0) is 49.4 Å². The third kappa shape index (κ3) is 5.07. The zero-order valence-corrected chi connectivity index (χ0v) is 20.3. The molecule has 1 saturated carbocycles. The first-order chi connectivity index (χ1) is 16.8. The first kappa shape index (κ1) is 24.9. The maximum absolute atomic E-state index is 14.0. The molecule has 35 heavy (non-hydrogen) atoms. The molecule has 1 aliphatic carbocycles. The van der Waals surface area contributed by atoms with Crippen LogP contribution < -0.4 is 5.32 Å². The van der Waals surface area contributed by atoms with Crippen LogP contribution in [0, 0.1) is 12.7 Å². The number of anilines is 1. The molecule has 0 radical (unpaired) electrons. The number of amides is 1. The van der Waals surface area contributed by atoms with Crippen molar-refractivity contribution in [3.05, 3.63) is 65.0 Å². The van der Waals surface area contributed by atoms with Gasteiger partial charge in [0.25, 0.3) is 5.91 Å². The van der Waals surface area contributed by atoms with Crippen LogP contribution in [0.25, 0.3) is 0 Å². The summed E-state index contributed by atoms with van der Waals surface area (Å²) < 4.78 is 24.7. The Morgan fingerprint density at radius 2 is 1.74 bits per heavy atom. The fourth-order valence-corrected chi connectivity index (χ4v) is 5.33. The quantitative estimate of drug-likeness (QED) is 0.451. The lowest BCUT2D eigenvalue weighted by Crippen LogP contribution is -2.66. The van der Waals surface area contributed by atoms with Crippen LogP contribution in [0.4, 0.5) is 10.1 Å². The Bertz CT molecular complexity index is 1110. The van der Waals surface area contributed by atoms with Crippen LogP contribution in [-0.4, -0.2) is 54.6 Å². The largest absolute Gasteiger partial charge is 0.465 e. The van der Waals surface area contributed by atoms with Crippen LogP contribution in [0.5, 0.6) is 0 Å². The third-order valence-corrected chi connectivity index (χ3v) is 7.35. The minimum Gasteiger partial charge on any atom is -0.465 e. The zero-order valence-electron chi connectivity index (χ0n) is 20.3. The topological polar surface area (TPSA) is 81.7 Å². The van der Waals surface area contributed by atoms with Gasteiger partial charge in [0.15, 0.2) is 12.1 Å². The number of aryl methyl sites for hydroxylation is 1. The number of halogens is 1. The Labute approximate surface area is 204 Å². The van der Waals surface area contributed by atoms with Gasteiger partial charge in [0, 0.05) is 12.8 Å². The predicted molar refractivity (Wildman–Crippen MR) is 128 cm³/mol. The van der Waals surface area contributed by atoms with E-state index in [1.165, 1.54) is 13.2 Å². The number of carbonyl (C=O) groups is 3. The molecule has 2 aliphatic rings. The summed E-state index contributed by atoms with van der Waals surface area (Å²) in [6.07, 6.45) is 4.17. The number of piperidine rings is 1. The van der Waals surface area contributed by atoms with Gasteiger partial charge in [-0.25, -0.2) is 14.0 Å². The molecule has 0 aromatic heterocycles. The second-order valence-electron chi connectivity index (χ2n) is 9.58. The van der Waals surface area contributed by atoms with Crippen molar-refractivity contribution < 1.29 is 32.7 Å². The summed E-state index contributed by atoms with van der Waals surface area (Å²) in [6.45, 7) is 3.36. The number of rotatable bonds is 8. The number of nitrogens with one attached hydrogen (secondary N) is 1. The number of benzene rings is 2. The van der Waals surface area contributed by atoms with Crippen molar-refractivity contribution in [2.45, 2.75) is 51.2 Å². The normalized spacial score (nSPS) is 17.8. The smallest absolute Gasteiger partial charge is 0.362 e. The molecule has 0 spiro atoms. The van der Waals surface area contributed by atoms with Crippen LogP contribution in [0.2, 0.25) is 0 Å².